The van der Waals surface area contributed by atoms with E-state index < -0.39 is 4.92 Å². The zero-order chi connectivity index (χ0) is 11.4. The number of aryl methyl sites for hydroxylation is 1. The molecular formula is C10H11ClN2O2. The first-order valence-electron chi connectivity index (χ1n) is 4.33. The summed E-state index contributed by atoms with van der Waals surface area (Å²) < 4.78 is 0. The van der Waals surface area contributed by atoms with Crippen molar-refractivity contribution in [3.8, 4) is 0 Å². The molecule has 0 heterocycles. The summed E-state index contributed by atoms with van der Waals surface area (Å²) in [5.74, 6) is 0. The fourth-order valence-electron chi connectivity index (χ4n) is 1.14. The van der Waals surface area contributed by atoms with Crippen LogP contribution in [0.25, 0.3) is 0 Å². The van der Waals surface area contributed by atoms with Crippen LogP contribution < -0.4 is 5.32 Å². The van der Waals surface area contributed by atoms with Crippen molar-refractivity contribution in [2.75, 3.05) is 11.9 Å². The molecule has 0 radical (unpaired) electrons. The molecule has 0 aliphatic heterocycles. The highest BCUT2D eigenvalue weighted by molar-refractivity contribution is 6.29. The number of nitro groups is 1. The van der Waals surface area contributed by atoms with Gasteiger partial charge in [-0.3, -0.25) is 10.1 Å². The molecule has 0 bridgehead atoms. The van der Waals surface area contributed by atoms with Crippen molar-refractivity contribution in [3.63, 3.8) is 0 Å². The van der Waals surface area contributed by atoms with Crippen LogP contribution in [0.15, 0.2) is 29.8 Å². The van der Waals surface area contributed by atoms with Crippen LogP contribution in [0, 0.1) is 17.0 Å². The average molecular weight is 227 g/mol. The van der Waals surface area contributed by atoms with Crippen molar-refractivity contribution in [2.45, 2.75) is 6.92 Å². The Morgan fingerprint density at radius 3 is 2.87 bits per heavy atom. The Bertz CT molecular complexity index is 404. The lowest BCUT2D eigenvalue weighted by atomic mass is 10.2. The first kappa shape index (κ1) is 11.5. The topological polar surface area (TPSA) is 55.2 Å². The molecule has 4 nitrogen and oxygen atoms in total. The van der Waals surface area contributed by atoms with E-state index in [-0.39, 0.29) is 5.69 Å². The van der Waals surface area contributed by atoms with E-state index >= 15 is 0 Å². The summed E-state index contributed by atoms with van der Waals surface area (Å²) >= 11 is 5.57. The monoisotopic (exact) mass is 226 g/mol. The molecule has 15 heavy (non-hydrogen) atoms. The third kappa shape index (κ3) is 3.25. The Hall–Kier alpha value is -1.55. The van der Waals surface area contributed by atoms with Gasteiger partial charge in [-0.15, -0.1) is 0 Å². The van der Waals surface area contributed by atoms with Gasteiger partial charge < -0.3 is 5.32 Å². The summed E-state index contributed by atoms with van der Waals surface area (Å²) in [6.07, 6.45) is 0. The van der Waals surface area contributed by atoms with Gasteiger partial charge in [0.2, 0.25) is 0 Å². The number of nitrogens with zero attached hydrogens (tertiary/aromatic N) is 1. The zero-order valence-corrected chi connectivity index (χ0v) is 9.04. The van der Waals surface area contributed by atoms with E-state index in [1.54, 1.807) is 12.1 Å². The largest absolute Gasteiger partial charge is 0.375 e. The summed E-state index contributed by atoms with van der Waals surface area (Å²) in [7, 11) is 0. The molecule has 0 saturated carbocycles. The van der Waals surface area contributed by atoms with Crippen LogP contribution in [-0.2, 0) is 0 Å². The normalized spacial score (nSPS) is 9.73. The molecule has 0 aliphatic carbocycles. The summed E-state index contributed by atoms with van der Waals surface area (Å²) in [5, 5.41) is 14.0. The summed E-state index contributed by atoms with van der Waals surface area (Å²) in [4.78, 5) is 10.3. The molecule has 0 aliphatic rings. The fraction of sp³-hybridized carbons (Fsp3) is 0.200. The van der Waals surface area contributed by atoms with E-state index in [2.05, 4.69) is 11.9 Å². The number of hydrogen-bond acceptors (Lipinski definition) is 3. The van der Waals surface area contributed by atoms with Crippen LogP contribution in [-0.4, -0.2) is 11.5 Å². The van der Waals surface area contributed by atoms with E-state index in [4.69, 9.17) is 11.6 Å². The minimum Gasteiger partial charge on any atom is -0.375 e. The number of benzene rings is 1. The molecule has 1 aromatic rings. The quantitative estimate of drug-likeness (QED) is 0.634. The van der Waals surface area contributed by atoms with E-state index in [1.807, 2.05) is 6.92 Å². The predicted octanol–water partition coefficient (Wildman–Crippen LogP) is 3.07. The Kier molecular flexibility index (Phi) is 3.68. The molecule has 0 aromatic heterocycles. The lowest BCUT2D eigenvalue weighted by Gasteiger charge is -2.06. The van der Waals surface area contributed by atoms with E-state index in [9.17, 15) is 10.1 Å². The Morgan fingerprint density at radius 2 is 2.33 bits per heavy atom. The Balaban J connectivity index is 2.96. The molecule has 0 atom stereocenters. The highest BCUT2D eigenvalue weighted by Crippen LogP contribution is 2.25. The molecule has 1 aromatic carbocycles. The highest BCUT2D eigenvalue weighted by Gasteiger charge is 2.12. The van der Waals surface area contributed by atoms with Gasteiger partial charge in [-0.1, -0.05) is 24.2 Å². The molecular weight excluding hydrogens is 216 g/mol. The number of anilines is 1. The number of hydrogen-bond donors (Lipinski definition) is 1. The van der Waals surface area contributed by atoms with Crippen LogP contribution in [0.4, 0.5) is 11.4 Å². The smallest absolute Gasteiger partial charge is 0.292 e. The van der Waals surface area contributed by atoms with E-state index in [0.29, 0.717) is 17.3 Å². The maximum absolute atomic E-state index is 10.7. The van der Waals surface area contributed by atoms with Gasteiger partial charge in [-0.2, -0.15) is 0 Å². The van der Waals surface area contributed by atoms with Crippen LogP contribution in [0.1, 0.15) is 5.56 Å². The summed E-state index contributed by atoms with van der Waals surface area (Å²) in [5.41, 5.74) is 1.45. The number of halogens is 1. The van der Waals surface area contributed by atoms with Crippen LogP contribution in [0.2, 0.25) is 0 Å². The third-order valence-corrected chi connectivity index (χ3v) is 1.95. The van der Waals surface area contributed by atoms with Gasteiger partial charge in [-0.05, 0) is 18.6 Å². The maximum Gasteiger partial charge on any atom is 0.292 e. The van der Waals surface area contributed by atoms with Crippen molar-refractivity contribution in [2.24, 2.45) is 0 Å². The van der Waals surface area contributed by atoms with Gasteiger partial charge in [0.05, 0.1) is 11.5 Å². The SMILES string of the molecule is C=C(Cl)CNc1cc(C)ccc1[N+](=O)[O-]. The number of nitrogens with one attached hydrogen (secondary N) is 1. The standard InChI is InChI=1S/C10H11ClN2O2/c1-7-3-4-10(13(14)15)9(5-7)12-6-8(2)11/h3-5,12H,2,6H2,1H3. The van der Waals surface area contributed by atoms with Crippen molar-refractivity contribution < 1.29 is 4.92 Å². The molecule has 5 heteroatoms. The lowest BCUT2D eigenvalue weighted by Crippen LogP contribution is -2.04. The minimum absolute atomic E-state index is 0.0403. The molecule has 0 amide bonds. The Labute approximate surface area is 92.7 Å². The maximum atomic E-state index is 10.7. The van der Waals surface area contributed by atoms with Crippen LogP contribution in [0.3, 0.4) is 0 Å². The second kappa shape index (κ2) is 4.79. The van der Waals surface area contributed by atoms with Crippen molar-refractivity contribution in [1.29, 1.82) is 0 Å². The van der Waals surface area contributed by atoms with Crippen molar-refractivity contribution >= 4 is 23.0 Å². The van der Waals surface area contributed by atoms with E-state index in [0.717, 1.165) is 5.56 Å². The second-order valence-corrected chi connectivity index (χ2v) is 3.68. The Morgan fingerprint density at radius 1 is 1.67 bits per heavy atom. The first-order chi connectivity index (χ1) is 7.00. The second-order valence-electron chi connectivity index (χ2n) is 3.15. The molecule has 0 unspecified atom stereocenters. The predicted molar refractivity (Wildman–Crippen MR) is 61.3 cm³/mol. The molecule has 0 fully saturated rings. The molecule has 0 saturated heterocycles. The van der Waals surface area contributed by atoms with Gasteiger partial charge in [-0.25, -0.2) is 0 Å². The van der Waals surface area contributed by atoms with Gasteiger partial charge in [0.15, 0.2) is 0 Å². The van der Waals surface area contributed by atoms with Crippen LogP contribution in [0.5, 0.6) is 0 Å². The minimum atomic E-state index is -0.432. The van der Waals surface area contributed by atoms with Crippen LogP contribution >= 0.6 is 11.6 Å². The third-order valence-electron chi connectivity index (χ3n) is 1.82. The van der Waals surface area contributed by atoms with Crippen molar-refractivity contribution in [1.82, 2.24) is 0 Å². The lowest BCUT2D eigenvalue weighted by molar-refractivity contribution is -0.384. The fourth-order valence-corrected chi connectivity index (χ4v) is 1.21. The van der Waals surface area contributed by atoms with Gasteiger partial charge >= 0.3 is 0 Å². The summed E-state index contributed by atoms with van der Waals surface area (Å²) in [6.45, 7) is 5.68. The molecule has 80 valence electrons. The number of nitro benzene ring substituents is 1. The average Bonchev–Trinajstić information content (AvgIpc) is 2.14. The highest BCUT2D eigenvalue weighted by atomic mass is 35.5. The molecule has 1 N–H and O–H groups in total. The summed E-state index contributed by atoms with van der Waals surface area (Å²) in [6, 6.07) is 4.87. The van der Waals surface area contributed by atoms with Gasteiger partial charge in [0.1, 0.15) is 5.69 Å². The van der Waals surface area contributed by atoms with E-state index in [1.165, 1.54) is 6.07 Å². The first-order valence-corrected chi connectivity index (χ1v) is 4.70. The van der Waals surface area contributed by atoms with Gasteiger partial charge in [0.25, 0.3) is 5.69 Å². The van der Waals surface area contributed by atoms with Gasteiger partial charge in [0, 0.05) is 11.1 Å². The molecule has 1 rings (SSSR count). The molecule has 0 spiro atoms. The van der Waals surface area contributed by atoms with Crippen molar-refractivity contribution in [3.05, 3.63) is 45.5 Å². The number of rotatable bonds is 4. The zero-order valence-electron chi connectivity index (χ0n) is 8.29.